The molecule has 0 aliphatic carbocycles. The van der Waals surface area contributed by atoms with E-state index >= 15 is 0 Å². The van der Waals surface area contributed by atoms with Crippen LogP contribution >= 0.6 is 12.4 Å². The third kappa shape index (κ3) is 2.74. The van der Waals surface area contributed by atoms with E-state index in [-0.39, 0.29) is 12.4 Å². The van der Waals surface area contributed by atoms with E-state index in [4.69, 9.17) is 10.5 Å². The van der Waals surface area contributed by atoms with Gasteiger partial charge in [0.1, 0.15) is 5.75 Å². The number of hydrogen-bond acceptors (Lipinski definition) is 3. The first-order valence-corrected chi connectivity index (χ1v) is 3.05. The van der Waals surface area contributed by atoms with Crippen LogP contribution in [0.5, 0.6) is 5.75 Å². The average molecular weight is 175 g/mol. The Morgan fingerprint density at radius 1 is 1.55 bits per heavy atom. The number of nitrogens with zero attached hydrogens (tertiary/aromatic N) is 1. The highest BCUT2D eigenvalue weighted by Gasteiger charge is 1.91. The summed E-state index contributed by atoms with van der Waals surface area (Å²) in [5.74, 6) is 0.753. The van der Waals surface area contributed by atoms with E-state index in [1.807, 2.05) is 6.07 Å². The molecule has 4 heteroatoms. The molecule has 0 aromatic carbocycles. The Bertz CT molecular complexity index is 198. The van der Waals surface area contributed by atoms with Gasteiger partial charge in [0.25, 0.3) is 0 Å². The molecule has 3 nitrogen and oxygen atoms in total. The number of methoxy groups -OCH3 is 1. The Morgan fingerprint density at radius 3 is 2.82 bits per heavy atom. The number of halogens is 1. The van der Waals surface area contributed by atoms with Gasteiger partial charge in [0.2, 0.25) is 0 Å². The lowest BCUT2D eigenvalue weighted by atomic mass is 10.3. The van der Waals surface area contributed by atoms with E-state index in [1.165, 1.54) is 0 Å². The molecule has 0 spiro atoms. The number of hydrogen-bond donors (Lipinski definition) is 1. The summed E-state index contributed by atoms with van der Waals surface area (Å²) in [4.78, 5) is 3.92. The van der Waals surface area contributed by atoms with E-state index in [0.717, 1.165) is 11.3 Å². The minimum atomic E-state index is 0. The molecule has 0 aliphatic heterocycles. The Labute approximate surface area is 72.0 Å². The van der Waals surface area contributed by atoms with Crippen LogP contribution in [0.1, 0.15) is 5.56 Å². The fourth-order valence-corrected chi connectivity index (χ4v) is 0.687. The Balaban J connectivity index is 0.000001000. The van der Waals surface area contributed by atoms with Crippen molar-refractivity contribution in [3.05, 3.63) is 24.0 Å². The van der Waals surface area contributed by atoms with Crippen LogP contribution in [0.15, 0.2) is 18.5 Å². The largest absolute Gasteiger partial charge is 0.495 e. The standard InChI is InChI=1S/C7H10N2O.ClH/c1-10-7-2-6(3-8)4-9-5-7;/h2,4-5H,3,8H2,1H3;1H. The zero-order valence-electron chi connectivity index (χ0n) is 6.28. The fraction of sp³-hybridized carbons (Fsp3) is 0.286. The molecule has 0 fully saturated rings. The summed E-state index contributed by atoms with van der Waals surface area (Å²) in [5.41, 5.74) is 6.36. The van der Waals surface area contributed by atoms with Gasteiger partial charge < -0.3 is 10.5 Å². The third-order valence-corrected chi connectivity index (χ3v) is 1.24. The Hall–Kier alpha value is -0.800. The second-order valence-electron chi connectivity index (χ2n) is 1.94. The van der Waals surface area contributed by atoms with Gasteiger partial charge >= 0.3 is 0 Å². The summed E-state index contributed by atoms with van der Waals surface area (Å²) >= 11 is 0. The van der Waals surface area contributed by atoms with Gasteiger partial charge in [-0.15, -0.1) is 12.4 Å². The van der Waals surface area contributed by atoms with Crippen LogP contribution < -0.4 is 10.5 Å². The molecule has 0 amide bonds. The van der Waals surface area contributed by atoms with Crippen molar-refractivity contribution in [3.8, 4) is 5.75 Å². The van der Waals surface area contributed by atoms with Gasteiger partial charge in [0, 0.05) is 12.7 Å². The molecule has 0 radical (unpaired) electrons. The van der Waals surface area contributed by atoms with Crippen molar-refractivity contribution >= 4 is 12.4 Å². The SMILES string of the molecule is COc1cncc(CN)c1.Cl. The fourth-order valence-electron chi connectivity index (χ4n) is 0.687. The molecule has 0 bridgehead atoms. The number of nitrogens with two attached hydrogens (primary N) is 1. The van der Waals surface area contributed by atoms with Crippen LogP contribution in [0.2, 0.25) is 0 Å². The highest BCUT2D eigenvalue weighted by molar-refractivity contribution is 5.85. The van der Waals surface area contributed by atoms with Crippen molar-refractivity contribution in [2.24, 2.45) is 5.73 Å². The second-order valence-corrected chi connectivity index (χ2v) is 1.94. The minimum absolute atomic E-state index is 0. The van der Waals surface area contributed by atoms with Crippen molar-refractivity contribution in [2.75, 3.05) is 7.11 Å². The normalized spacial score (nSPS) is 8.55. The van der Waals surface area contributed by atoms with Crippen LogP contribution in [-0.4, -0.2) is 12.1 Å². The molecule has 1 rings (SSSR count). The second kappa shape index (κ2) is 4.93. The summed E-state index contributed by atoms with van der Waals surface area (Å²) in [6.07, 6.45) is 3.38. The van der Waals surface area contributed by atoms with Crippen molar-refractivity contribution in [1.82, 2.24) is 4.98 Å². The number of pyridine rings is 1. The van der Waals surface area contributed by atoms with E-state index in [0.29, 0.717) is 6.54 Å². The van der Waals surface area contributed by atoms with Gasteiger partial charge in [-0.05, 0) is 11.6 Å². The van der Waals surface area contributed by atoms with Crippen LogP contribution in [-0.2, 0) is 6.54 Å². The highest BCUT2D eigenvalue weighted by atomic mass is 35.5. The molecule has 11 heavy (non-hydrogen) atoms. The maximum atomic E-state index is 5.38. The molecule has 0 saturated carbocycles. The molecule has 0 aliphatic rings. The molecule has 0 unspecified atom stereocenters. The lowest BCUT2D eigenvalue weighted by Crippen LogP contribution is -1.97. The van der Waals surface area contributed by atoms with Crippen molar-refractivity contribution in [2.45, 2.75) is 6.54 Å². The molecule has 0 atom stereocenters. The first kappa shape index (κ1) is 10.2. The summed E-state index contributed by atoms with van der Waals surface area (Å²) in [6, 6.07) is 1.87. The smallest absolute Gasteiger partial charge is 0.137 e. The zero-order chi connectivity index (χ0) is 7.40. The van der Waals surface area contributed by atoms with Crippen LogP contribution in [0.4, 0.5) is 0 Å². The monoisotopic (exact) mass is 174 g/mol. The van der Waals surface area contributed by atoms with Crippen LogP contribution in [0.3, 0.4) is 0 Å². The van der Waals surface area contributed by atoms with Gasteiger partial charge in [-0.2, -0.15) is 0 Å². The molecule has 2 N–H and O–H groups in total. The molecular formula is C7H11ClN2O. The van der Waals surface area contributed by atoms with E-state index in [1.54, 1.807) is 19.5 Å². The molecule has 1 heterocycles. The Morgan fingerprint density at radius 2 is 2.27 bits per heavy atom. The first-order valence-electron chi connectivity index (χ1n) is 3.05. The number of aromatic nitrogens is 1. The summed E-state index contributed by atoms with van der Waals surface area (Å²) in [6.45, 7) is 0.504. The highest BCUT2D eigenvalue weighted by Crippen LogP contribution is 2.08. The molecule has 1 aromatic heterocycles. The zero-order valence-corrected chi connectivity index (χ0v) is 7.10. The average Bonchev–Trinajstić information content (AvgIpc) is 2.05. The third-order valence-electron chi connectivity index (χ3n) is 1.24. The number of rotatable bonds is 2. The van der Waals surface area contributed by atoms with Crippen molar-refractivity contribution in [3.63, 3.8) is 0 Å². The maximum absolute atomic E-state index is 5.38. The van der Waals surface area contributed by atoms with Crippen molar-refractivity contribution in [1.29, 1.82) is 0 Å². The number of ether oxygens (including phenoxy) is 1. The predicted octanol–water partition coefficient (Wildman–Crippen LogP) is 0.971. The topological polar surface area (TPSA) is 48.1 Å². The van der Waals surface area contributed by atoms with Crippen LogP contribution in [0.25, 0.3) is 0 Å². The quantitative estimate of drug-likeness (QED) is 0.727. The first-order chi connectivity index (χ1) is 4.86. The van der Waals surface area contributed by atoms with E-state index in [9.17, 15) is 0 Å². The van der Waals surface area contributed by atoms with Crippen LogP contribution in [0, 0.1) is 0 Å². The Kier molecular flexibility index (Phi) is 4.57. The molecule has 62 valence electrons. The maximum Gasteiger partial charge on any atom is 0.137 e. The van der Waals surface area contributed by atoms with E-state index in [2.05, 4.69) is 4.98 Å². The molecule has 0 saturated heterocycles. The summed E-state index contributed by atoms with van der Waals surface area (Å²) < 4.78 is 4.94. The summed E-state index contributed by atoms with van der Waals surface area (Å²) in [5, 5.41) is 0. The minimum Gasteiger partial charge on any atom is -0.495 e. The van der Waals surface area contributed by atoms with Crippen molar-refractivity contribution < 1.29 is 4.74 Å². The van der Waals surface area contributed by atoms with Gasteiger partial charge in [-0.3, -0.25) is 4.98 Å². The van der Waals surface area contributed by atoms with Gasteiger partial charge in [-0.1, -0.05) is 0 Å². The molecular weight excluding hydrogens is 164 g/mol. The van der Waals surface area contributed by atoms with Gasteiger partial charge in [0.05, 0.1) is 13.3 Å². The lowest BCUT2D eigenvalue weighted by molar-refractivity contribution is 0.412. The summed E-state index contributed by atoms with van der Waals surface area (Å²) in [7, 11) is 1.61. The van der Waals surface area contributed by atoms with Gasteiger partial charge in [-0.25, -0.2) is 0 Å². The lowest BCUT2D eigenvalue weighted by Gasteiger charge is -1.99. The predicted molar refractivity (Wildman–Crippen MR) is 45.9 cm³/mol. The van der Waals surface area contributed by atoms with Gasteiger partial charge in [0.15, 0.2) is 0 Å². The van der Waals surface area contributed by atoms with E-state index < -0.39 is 0 Å². The molecule has 1 aromatic rings.